The molecule has 0 saturated heterocycles. The Hall–Kier alpha value is -3.32. The van der Waals surface area contributed by atoms with E-state index in [2.05, 4.69) is 10.1 Å². The molecule has 5 N–H and O–H groups in total. The lowest BCUT2D eigenvalue weighted by Crippen LogP contribution is -2.30. The third-order valence-electron chi connectivity index (χ3n) is 5.59. The zero-order chi connectivity index (χ0) is 25.3. The number of anilines is 1. The van der Waals surface area contributed by atoms with Gasteiger partial charge in [0.25, 0.3) is 0 Å². The number of hydrogen-bond acceptors (Lipinski definition) is 6. The Morgan fingerprint density at radius 2 is 1.68 bits per heavy atom. The van der Waals surface area contributed by atoms with Crippen molar-refractivity contribution in [3.05, 3.63) is 47.4 Å². The van der Waals surface area contributed by atoms with E-state index < -0.39 is 41.6 Å². The van der Waals surface area contributed by atoms with Gasteiger partial charge in [-0.25, -0.2) is 23.1 Å². The van der Waals surface area contributed by atoms with E-state index in [-0.39, 0.29) is 11.4 Å². The highest BCUT2D eigenvalue weighted by Crippen LogP contribution is 2.41. The molecule has 0 spiro atoms. The van der Waals surface area contributed by atoms with E-state index in [1.165, 1.54) is 10.8 Å². The van der Waals surface area contributed by atoms with E-state index in [0.29, 0.717) is 29.6 Å². The molecule has 3 aromatic rings. The van der Waals surface area contributed by atoms with Gasteiger partial charge in [0.2, 0.25) is 0 Å². The Bertz CT molecular complexity index is 1180. The molecule has 8 nitrogen and oxygen atoms in total. The molecule has 0 atom stereocenters. The van der Waals surface area contributed by atoms with Gasteiger partial charge >= 0.3 is 12.1 Å². The Kier molecular flexibility index (Phi) is 7.07. The van der Waals surface area contributed by atoms with E-state index in [0.717, 1.165) is 31.4 Å². The second kappa shape index (κ2) is 9.50. The van der Waals surface area contributed by atoms with Gasteiger partial charge in [0.15, 0.2) is 5.82 Å². The predicted octanol–water partition coefficient (Wildman–Crippen LogP) is 3.53. The molecule has 0 unspecified atom stereocenters. The van der Waals surface area contributed by atoms with E-state index in [9.17, 15) is 27.1 Å². The molecule has 1 aliphatic rings. The van der Waals surface area contributed by atoms with Crippen LogP contribution in [0.25, 0.3) is 16.6 Å². The summed E-state index contributed by atoms with van der Waals surface area (Å²) in [6.45, 7) is -0.731. The van der Waals surface area contributed by atoms with Crippen LogP contribution in [0.5, 0.6) is 0 Å². The molecular formula is C21H21F5N4O4. The van der Waals surface area contributed by atoms with Crippen molar-refractivity contribution >= 4 is 17.3 Å². The topological polar surface area (TPSA) is 134 Å². The number of aromatic nitrogens is 3. The normalized spacial score (nSPS) is 15.6. The van der Waals surface area contributed by atoms with Crippen molar-refractivity contribution in [3.63, 3.8) is 0 Å². The number of nitrogens with two attached hydrogens (primary N) is 1. The predicted molar refractivity (Wildman–Crippen MR) is 109 cm³/mol. The highest BCUT2D eigenvalue weighted by molar-refractivity contribution is 5.88. The van der Waals surface area contributed by atoms with Crippen LogP contribution in [-0.2, 0) is 17.0 Å². The van der Waals surface area contributed by atoms with Crippen molar-refractivity contribution in [2.24, 2.45) is 0 Å². The summed E-state index contributed by atoms with van der Waals surface area (Å²) < 4.78 is 61.7. The zero-order valence-corrected chi connectivity index (χ0v) is 17.6. The van der Waals surface area contributed by atoms with Crippen LogP contribution in [0.2, 0.25) is 0 Å². The standard InChI is InChI=1S/C19H20F2N4O2.C2HF3O2/c20-14-6-11(7-15(21)13(14)9-26)12-8-16(19(27)4-2-1-3-5-19)25-17(12)18(22)23-10-24-25;3-2(4,5)1(6)7/h6-8,10,26-27H,1-5,9H2,(H2,22,23,24);(H,6,7). The maximum Gasteiger partial charge on any atom is 0.490 e. The molecule has 2 heterocycles. The van der Waals surface area contributed by atoms with Crippen molar-refractivity contribution in [2.75, 3.05) is 5.73 Å². The number of carboxylic acid groups (broad SMARTS) is 1. The molecule has 0 radical (unpaired) electrons. The van der Waals surface area contributed by atoms with Gasteiger partial charge in [-0.15, -0.1) is 0 Å². The molecule has 184 valence electrons. The highest BCUT2D eigenvalue weighted by atomic mass is 19.4. The summed E-state index contributed by atoms with van der Waals surface area (Å²) in [4.78, 5) is 12.9. The fourth-order valence-electron chi connectivity index (χ4n) is 3.92. The first-order chi connectivity index (χ1) is 15.9. The number of carboxylic acids is 1. The first-order valence-corrected chi connectivity index (χ1v) is 10.1. The second-order valence-electron chi connectivity index (χ2n) is 7.82. The van der Waals surface area contributed by atoms with Crippen LogP contribution < -0.4 is 5.73 Å². The maximum absolute atomic E-state index is 14.2. The smallest absolute Gasteiger partial charge is 0.475 e. The highest BCUT2D eigenvalue weighted by Gasteiger charge is 2.38. The minimum atomic E-state index is -5.08. The third-order valence-corrected chi connectivity index (χ3v) is 5.59. The molecule has 1 saturated carbocycles. The number of aliphatic hydroxyl groups is 2. The monoisotopic (exact) mass is 488 g/mol. The quantitative estimate of drug-likeness (QED) is 0.415. The number of alkyl halides is 3. The van der Waals surface area contributed by atoms with Crippen LogP contribution in [0.1, 0.15) is 43.4 Å². The molecule has 4 rings (SSSR count). The van der Waals surface area contributed by atoms with E-state index in [1.54, 1.807) is 6.07 Å². The van der Waals surface area contributed by atoms with Gasteiger partial charge in [0.1, 0.15) is 29.1 Å². The molecule has 0 aliphatic heterocycles. The number of nitrogen functional groups attached to an aromatic ring is 1. The Labute approximate surface area is 189 Å². The number of aliphatic hydroxyl groups excluding tert-OH is 1. The van der Waals surface area contributed by atoms with Crippen LogP contribution in [0, 0.1) is 11.6 Å². The summed E-state index contributed by atoms with van der Waals surface area (Å²) in [6.07, 6.45) is 0.178. The summed E-state index contributed by atoms with van der Waals surface area (Å²) in [5.74, 6) is -4.30. The molecule has 0 amide bonds. The van der Waals surface area contributed by atoms with Crippen molar-refractivity contribution in [1.29, 1.82) is 0 Å². The Morgan fingerprint density at radius 1 is 1.12 bits per heavy atom. The van der Waals surface area contributed by atoms with Crippen LogP contribution in [0.15, 0.2) is 24.5 Å². The average Bonchev–Trinajstić information content (AvgIpc) is 3.16. The van der Waals surface area contributed by atoms with Crippen molar-refractivity contribution < 1.29 is 42.1 Å². The fourth-order valence-corrected chi connectivity index (χ4v) is 3.92. The van der Waals surface area contributed by atoms with Crippen LogP contribution in [0.3, 0.4) is 0 Å². The third kappa shape index (κ3) is 4.94. The first kappa shape index (κ1) is 25.3. The fraction of sp³-hybridized carbons (Fsp3) is 0.381. The summed E-state index contributed by atoms with van der Waals surface area (Å²) in [5, 5.41) is 31.7. The Morgan fingerprint density at radius 3 is 2.18 bits per heavy atom. The lowest BCUT2D eigenvalue weighted by atomic mass is 9.82. The first-order valence-electron chi connectivity index (χ1n) is 10.1. The molecule has 2 aromatic heterocycles. The summed E-state index contributed by atoms with van der Waals surface area (Å²) >= 11 is 0. The van der Waals surface area contributed by atoms with Gasteiger partial charge in [0, 0.05) is 11.1 Å². The maximum atomic E-state index is 14.2. The van der Waals surface area contributed by atoms with Gasteiger partial charge in [-0.2, -0.15) is 18.3 Å². The number of fused-ring (bicyclic) bond motifs is 1. The number of hydrogen-bond donors (Lipinski definition) is 4. The van der Waals surface area contributed by atoms with Crippen LogP contribution >= 0.6 is 0 Å². The number of aliphatic carboxylic acids is 1. The number of nitrogens with zero attached hydrogens (tertiary/aromatic N) is 3. The summed E-state index contributed by atoms with van der Waals surface area (Å²) in [5.41, 5.74) is 6.16. The zero-order valence-electron chi connectivity index (χ0n) is 17.6. The SMILES string of the molecule is Nc1ncnn2c(C3(O)CCCCC3)cc(-c3cc(F)c(CO)c(F)c3)c12.O=C(O)C(F)(F)F. The van der Waals surface area contributed by atoms with E-state index in [1.807, 2.05) is 0 Å². The van der Waals surface area contributed by atoms with E-state index in [4.69, 9.17) is 20.7 Å². The summed E-state index contributed by atoms with van der Waals surface area (Å²) in [7, 11) is 0. The minimum absolute atomic E-state index is 0.151. The lowest BCUT2D eigenvalue weighted by molar-refractivity contribution is -0.192. The van der Waals surface area contributed by atoms with Gasteiger partial charge in [-0.05, 0) is 36.6 Å². The van der Waals surface area contributed by atoms with Crippen molar-refractivity contribution in [3.8, 4) is 11.1 Å². The lowest BCUT2D eigenvalue weighted by Gasteiger charge is -2.31. The molecule has 34 heavy (non-hydrogen) atoms. The minimum Gasteiger partial charge on any atom is -0.475 e. The number of carbonyl (C=O) groups is 1. The molecule has 1 aromatic carbocycles. The van der Waals surface area contributed by atoms with Gasteiger partial charge in [-0.1, -0.05) is 19.3 Å². The molecule has 1 fully saturated rings. The molecule has 13 heteroatoms. The van der Waals surface area contributed by atoms with E-state index >= 15 is 0 Å². The summed E-state index contributed by atoms with van der Waals surface area (Å²) in [6, 6.07) is 3.97. The molecule has 1 aliphatic carbocycles. The van der Waals surface area contributed by atoms with Crippen molar-refractivity contribution in [1.82, 2.24) is 14.6 Å². The number of halogens is 5. The second-order valence-corrected chi connectivity index (χ2v) is 7.82. The molecule has 0 bridgehead atoms. The number of rotatable bonds is 3. The van der Waals surface area contributed by atoms with Crippen molar-refractivity contribution in [2.45, 2.75) is 50.5 Å². The van der Waals surface area contributed by atoms with Gasteiger partial charge < -0.3 is 21.1 Å². The van der Waals surface area contributed by atoms with Crippen LogP contribution in [-0.4, -0.2) is 42.1 Å². The number of benzene rings is 1. The van der Waals surface area contributed by atoms with Gasteiger partial charge in [0.05, 0.1) is 12.3 Å². The van der Waals surface area contributed by atoms with Gasteiger partial charge in [-0.3, -0.25) is 0 Å². The molecular weight excluding hydrogens is 467 g/mol. The Balaban J connectivity index is 0.000000406. The largest absolute Gasteiger partial charge is 0.490 e. The average molecular weight is 488 g/mol. The van der Waals surface area contributed by atoms with Crippen LogP contribution in [0.4, 0.5) is 27.8 Å².